The third kappa shape index (κ3) is 5.19. The minimum atomic E-state index is -0.229. The van der Waals surface area contributed by atoms with Crippen LogP contribution in [0.3, 0.4) is 0 Å². The van der Waals surface area contributed by atoms with Crippen molar-refractivity contribution in [2.45, 2.75) is 33.6 Å². The number of ketones is 1. The summed E-state index contributed by atoms with van der Waals surface area (Å²) in [5.41, 5.74) is 2.15. The molecule has 21 heavy (non-hydrogen) atoms. The molecule has 0 spiro atoms. The van der Waals surface area contributed by atoms with Crippen LogP contribution in [0.1, 0.15) is 42.6 Å². The average molecular weight is 292 g/mol. The lowest BCUT2D eigenvalue weighted by atomic mass is 10.1. The molecular weight excluding hydrogens is 268 g/mol. The first-order valence-electron chi connectivity index (χ1n) is 7.28. The molecule has 5 heteroatoms. The number of hydrogen-bond acceptors (Lipinski definition) is 3. The van der Waals surface area contributed by atoms with Crippen molar-refractivity contribution in [3.63, 3.8) is 0 Å². The van der Waals surface area contributed by atoms with E-state index in [0.29, 0.717) is 24.3 Å². The molecule has 0 saturated heterocycles. The fourth-order valence-electron chi connectivity index (χ4n) is 2.12. The van der Waals surface area contributed by atoms with E-state index < -0.39 is 0 Å². The first-order chi connectivity index (χ1) is 9.99. The molecule has 0 heterocycles. The fourth-order valence-corrected chi connectivity index (χ4v) is 2.12. The Balaban J connectivity index is 2.76. The highest BCUT2D eigenvalue weighted by atomic mass is 16.3. The molecule has 2 N–H and O–H groups in total. The Morgan fingerprint density at radius 1 is 1.29 bits per heavy atom. The van der Waals surface area contributed by atoms with Crippen LogP contribution in [0.25, 0.3) is 0 Å². The van der Waals surface area contributed by atoms with Gasteiger partial charge >= 0.3 is 6.03 Å². The van der Waals surface area contributed by atoms with Crippen molar-refractivity contribution in [3.05, 3.63) is 29.3 Å². The van der Waals surface area contributed by atoms with Crippen molar-refractivity contribution in [2.75, 3.05) is 25.0 Å². The number of urea groups is 1. The van der Waals surface area contributed by atoms with Crippen LogP contribution in [0.15, 0.2) is 18.2 Å². The molecule has 0 aliphatic rings. The molecule has 2 amide bonds. The van der Waals surface area contributed by atoms with Gasteiger partial charge in [-0.1, -0.05) is 13.3 Å². The van der Waals surface area contributed by atoms with E-state index in [4.69, 9.17) is 5.11 Å². The maximum atomic E-state index is 12.2. The van der Waals surface area contributed by atoms with E-state index >= 15 is 0 Å². The lowest BCUT2D eigenvalue weighted by molar-refractivity contribution is 0.101. The van der Waals surface area contributed by atoms with Crippen LogP contribution in [-0.4, -0.2) is 41.5 Å². The van der Waals surface area contributed by atoms with Gasteiger partial charge < -0.3 is 15.3 Å². The van der Waals surface area contributed by atoms with Gasteiger partial charge in [-0.05, 0) is 44.0 Å². The fraction of sp³-hybridized carbons (Fsp3) is 0.500. The third-order valence-corrected chi connectivity index (χ3v) is 3.30. The summed E-state index contributed by atoms with van der Waals surface area (Å²) in [4.78, 5) is 25.2. The number of aliphatic hydroxyl groups is 1. The number of rotatable bonds is 7. The highest BCUT2D eigenvalue weighted by Gasteiger charge is 2.13. The van der Waals surface area contributed by atoms with Crippen molar-refractivity contribution >= 4 is 17.5 Å². The van der Waals surface area contributed by atoms with Gasteiger partial charge in [0.25, 0.3) is 0 Å². The van der Waals surface area contributed by atoms with E-state index in [1.807, 2.05) is 6.92 Å². The van der Waals surface area contributed by atoms with Crippen LogP contribution in [0, 0.1) is 6.92 Å². The standard InChI is InChI=1S/C16H24N2O3/c1-4-5-8-18(9-10-19)16(21)17-14-6-7-15(13(3)20)12(2)11-14/h6-7,11,19H,4-5,8-10H2,1-3H3,(H,17,21). The van der Waals surface area contributed by atoms with E-state index in [1.54, 1.807) is 23.1 Å². The van der Waals surface area contributed by atoms with Crippen molar-refractivity contribution in [3.8, 4) is 0 Å². The van der Waals surface area contributed by atoms with Crippen LogP contribution in [-0.2, 0) is 0 Å². The highest BCUT2D eigenvalue weighted by Crippen LogP contribution is 2.16. The molecule has 0 fully saturated rings. The van der Waals surface area contributed by atoms with Gasteiger partial charge in [0.15, 0.2) is 5.78 Å². The molecule has 1 rings (SSSR count). The van der Waals surface area contributed by atoms with Gasteiger partial charge in [-0.2, -0.15) is 0 Å². The Labute approximate surface area is 126 Å². The lowest BCUT2D eigenvalue weighted by Gasteiger charge is -2.22. The number of carbonyl (C=O) groups excluding carboxylic acids is 2. The third-order valence-electron chi connectivity index (χ3n) is 3.30. The first-order valence-corrected chi connectivity index (χ1v) is 7.28. The number of carbonyl (C=O) groups is 2. The lowest BCUT2D eigenvalue weighted by Crippen LogP contribution is -2.37. The highest BCUT2D eigenvalue weighted by molar-refractivity contribution is 5.96. The van der Waals surface area contributed by atoms with E-state index in [2.05, 4.69) is 12.2 Å². The van der Waals surface area contributed by atoms with Crippen LogP contribution in [0.4, 0.5) is 10.5 Å². The Bertz CT molecular complexity index is 500. The molecule has 0 aromatic heterocycles. The van der Waals surface area contributed by atoms with E-state index in [1.165, 1.54) is 6.92 Å². The quantitative estimate of drug-likeness (QED) is 0.759. The summed E-state index contributed by atoms with van der Waals surface area (Å²) in [5, 5.41) is 11.8. The zero-order valence-corrected chi connectivity index (χ0v) is 13.0. The number of anilines is 1. The summed E-state index contributed by atoms with van der Waals surface area (Å²) in [5.74, 6) is 0.00947. The normalized spacial score (nSPS) is 10.3. The van der Waals surface area contributed by atoms with Crippen LogP contribution in [0.2, 0.25) is 0 Å². The number of Topliss-reactive ketones (excluding diaryl/α,β-unsaturated/α-hetero) is 1. The number of unbranched alkanes of at least 4 members (excludes halogenated alkanes) is 1. The summed E-state index contributed by atoms with van der Waals surface area (Å²) in [6.45, 7) is 6.30. The van der Waals surface area contributed by atoms with Gasteiger partial charge in [0.2, 0.25) is 0 Å². The topological polar surface area (TPSA) is 69.6 Å². The number of aryl methyl sites for hydroxylation is 1. The molecule has 0 radical (unpaired) electrons. The van der Waals surface area contributed by atoms with E-state index in [0.717, 1.165) is 18.4 Å². The predicted octanol–water partition coefficient (Wildman–Crippen LogP) is 2.82. The number of nitrogens with one attached hydrogen (secondary N) is 1. The second-order valence-electron chi connectivity index (χ2n) is 5.08. The van der Waals surface area contributed by atoms with Gasteiger partial charge in [0.1, 0.15) is 0 Å². The van der Waals surface area contributed by atoms with E-state index in [9.17, 15) is 9.59 Å². The predicted molar refractivity (Wildman–Crippen MR) is 83.8 cm³/mol. The number of benzene rings is 1. The summed E-state index contributed by atoms with van der Waals surface area (Å²) in [7, 11) is 0. The second-order valence-corrected chi connectivity index (χ2v) is 5.08. The Morgan fingerprint density at radius 2 is 2.00 bits per heavy atom. The number of nitrogens with zero attached hydrogens (tertiary/aromatic N) is 1. The number of hydrogen-bond donors (Lipinski definition) is 2. The number of aliphatic hydroxyl groups excluding tert-OH is 1. The van der Waals surface area contributed by atoms with Crippen LogP contribution in [0.5, 0.6) is 0 Å². The van der Waals surface area contributed by atoms with Crippen LogP contribution >= 0.6 is 0 Å². The Hall–Kier alpha value is -1.88. The molecule has 1 aromatic carbocycles. The first kappa shape index (κ1) is 17.2. The minimum Gasteiger partial charge on any atom is -0.395 e. The summed E-state index contributed by atoms with van der Waals surface area (Å²) < 4.78 is 0. The van der Waals surface area contributed by atoms with Gasteiger partial charge in [-0.25, -0.2) is 4.79 Å². The molecule has 0 atom stereocenters. The summed E-state index contributed by atoms with van der Waals surface area (Å²) in [6.07, 6.45) is 1.89. The average Bonchev–Trinajstić information content (AvgIpc) is 2.43. The van der Waals surface area contributed by atoms with Gasteiger partial charge in [-0.15, -0.1) is 0 Å². The Kier molecular flexibility index (Phi) is 6.88. The largest absolute Gasteiger partial charge is 0.395 e. The van der Waals surface area contributed by atoms with Crippen LogP contribution < -0.4 is 5.32 Å². The molecule has 116 valence electrons. The molecule has 0 saturated carbocycles. The van der Waals surface area contributed by atoms with Crippen molar-refractivity contribution in [2.24, 2.45) is 0 Å². The molecule has 0 bridgehead atoms. The maximum absolute atomic E-state index is 12.2. The molecule has 0 aliphatic heterocycles. The minimum absolute atomic E-state index is 0.00947. The molecular formula is C16H24N2O3. The van der Waals surface area contributed by atoms with E-state index in [-0.39, 0.29) is 18.4 Å². The van der Waals surface area contributed by atoms with Crippen molar-refractivity contribution in [1.29, 1.82) is 0 Å². The smallest absolute Gasteiger partial charge is 0.321 e. The van der Waals surface area contributed by atoms with Crippen molar-refractivity contribution in [1.82, 2.24) is 4.90 Å². The summed E-state index contributed by atoms with van der Waals surface area (Å²) in [6, 6.07) is 4.99. The van der Waals surface area contributed by atoms with Gasteiger partial charge in [0.05, 0.1) is 6.61 Å². The monoisotopic (exact) mass is 292 g/mol. The molecule has 1 aromatic rings. The Morgan fingerprint density at radius 3 is 2.52 bits per heavy atom. The SMILES string of the molecule is CCCCN(CCO)C(=O)Nc1ccc(C(C)=O)c(C)c1. The zero-order chi connectivity index (χ0) is 15.8. The second kappa shape index (κ2) is 8.42. The van der Waals surface area contributed by atoms with Crippen molar-refractivity contribution < 1.29 is 14.7 Å². The molecule has 5 nitrogen and oxygen atoms in total. The molecule has 0 unspecified atom stereocenters. The molecule has 0 aliphatic carbocycles. The number of amides is 2. The van der Waals surface area contributed by atoms with Gasteiger partial charge in [0, 0.05) is 24.3 Å². The maximum Gasteiger partial charge on any atom is 0.321 e. The zero-order valence-electron chi connectivity index (χ0n) is 13.0. The summed E-state index contributed by atoms with van der Waals surface area (Å²) >= 11 is 0. The van der Waals surface area contributed by atoms with Gasteiger partial charge in [-0.3, -0.25) is 4.79 Å².